The second-order valence-corrected chi connectivity index (χ2v) is 6.41. The molecular formula is C13H23N3S. The van der Waals surface area contributed by atoms with Crippen LogP contribution in [0.2, 0.25) is 0 Å². The fourth-order valence-corrected chi connectivity index (χ4v) is 3.71. The van der Waals surface area contributed by atoms with Crippen LogP contribution < -0.4 is 11.3 Å². The number of hydrogen-bond donors (Lipinski definition) is 2. The number of nitrogens with one attached hydrogen (secondary N) is 1. The van der Waals surface area contributed by atoms with Crippen molar-refractivity contribution in [2.45, 2.75) is 58.4 Å². The highest BCUT2D eigenvalue weighted by Crippen LogP contribution is 2.28. The van der Waals surface area contributed by atoms with Crippen LogP contribution in [-0.2, 0) is 6.42 Å². The van der Waals surface area contributed by atoms with Crippen LogP contribution in [0.3, 0.4) is 0 Å². The van der Waals surface area contributed by atoms with Crippen LogP contribution in [0.15, 0.2) is 0 Å². The van der Waals surface area contributed by atoms with Gasteiger partial charge in [0.1, 0.15) is 0 Å². The first-order chi connectivity index (χ1) is 8.20. The normalized spacial score (nSPS) is 19.5. The van der Waals surface area contributed by atoms with E-state index in [-0.39, 0.29) is 0 Å². The average molecular weight is 253 g/mol. The number of nitrogens with zero attached hydrogens (tertiary/aromatic N) is 1. The molecule has 17 heavy (non-hydrogen) atoms. The molecule has 0 radical (unpaired) electrons. The number of hydrazine groups is 1. The van der Waals surface area contributed by atoms with Gasteiger partial charge in [0.2, 0.25) is 0 Å². The van der Waals surface area contributed by atoms with Crippen molar-refractivity contribution in [2.24, 2.45) is 11.8 Å². The van der Waals surface area contributed by atoms with Gasteiger partial charge in [-0.1, -0.05) is 19.3 Å². The molecule has 3 nitrogen and oxygen atoms in total. The molecule has 1 aromatic heterocycles. The van der Waals surface area contributed by atoms with Gasteiger partial charge in [-0.15, -0.1) is 11.3 Å². The Balaban J connectivity index is 1.98. The topological polar surface area (TPSA) is 50.9 Å². The molecule has 1 aliphatic rings. The Morgan fingerprint density at radius 1 is 1.35 bits per heavy atom. The van der Waals surface area contributed by atoms with Crippen LogP contribution in [0.5, 0.6) is 0 Å². The van der Waals surface area contributed by atoms with Gasteiger partial charge in [-0.2, -0.15) is 0 Å². The molecule has 1 fully saturated rings. The van der Waals surface area contributed by atoms with E-state index in [1.807, 2.05) is 11.3 Å². The fraction of sp³-hybridized carbons (Fsp3) is 0.769. The lowest BCUT2D eigenvalue weighted by atomic mass is 9.83. The van der Waals surface area contributed by atoms with Crippen LogP contribution in [0.1, 0.15) is 47.7 Å². The fourth-order valence-electron chi connectivity index (χ4n) is 2.71. The first kappa shape index (κ1) is 13.0. The highest BCUT2D eigenvalue weighted by molar-refractivity contribution is 7.11. The zero-order valence-electron chi connectivity index (χ0n) is 10.8. The van der Waals surface area contributed by atoms with Crippen molar-refractivity contribution >= 4 is 11.3 Å². The van der Waals surface area contributed by atoms with E-state index in [0.29, 0.717) is 6.04 Å². The lowest BCUT2D eigenvalue weighted by Gasteiger charge is -2.29. The summed E-state index contributed by atoms with van der Waals surface area (Å²) < 4.78 is 0. The Kier molecular flexibility index (Phi) is 4.54. The Morgan fingerprint density at radius 2 is 2.06 bits per heavy atom. The summed E-state index contributed by atoms with van der Waals surface area (Å²) in [5.74, 6) is 6.46. The first-order valence-corrected chi connectivity index (χ1v) is 7.41. The minimum Gasteiger partial charge on any atom is -0.271 e. The maximum absolute atomic E-state index is 5.72. The first-order valence-electron chi connectivity index (χ1n) is 6.59. The second-order valence-electron chi connectivity index (χ2n) is 5.12. The predicted octanol–water partition coefficient (Wildman–Crippen LogP) is 2.71. The van der Waals surface area contributed by atoms with Crippen LogP contribution in [0, 0.1) is 19.8 Å². The van der Waals surface area contributed by atoms with Crippen LogP contribution in [0.4, 0.5) is 0 Å². The molecule has 1 aromatic rings. The number of thiazole rings is 1. The van der Waals surface area contributed by atoms with Crippen LogP contribution in [-0.4, -0.2) is 11.0 Å². The molecular weight excluding hydrogens is 230 g/mol. The third kappa shape index (κ3) is 3.27. The van der Waals surface area contributed by atoms with Crippen molar-refractivity contribution in [3.8, 4) is 0 Å². The van der Waals surface area contributed by atoms with Gasteiger partial charge in [-0.25, -0.2) is 4.98 Å². The lowest BCUT2D eigenvalue weighted by Crippen LogP contribution is -2.43. The van der Waals surface area contributed by atoms with E-state index < -0.39 is 0 Å². The van der Waals surface area contributed by atoms with E-state index in [0.717, 1.165) is 12.3 Å². The summed E-state index contributed by atoms with van der Waals surface area (Å²) >= 11 is 1.82. The molecule has 1 saturated carbocycles. The zero-order chi connectivity index (χ0) is 12.3. The minimum atomic E-state index is 0.403. The van der Waals surface area contributed by atoms with Crippen molar-refractivity contribution in [2.75, 3.05) is 0 Å². The summed E-state index contributed by atoms with van der Waals surface area (Å²) in [6.07, 6.45) is 7.73. The van der Waals surface area contributed by atoms with Gasteiger partial charge in [0.05, 0.1) is 10.7 Å². The third-order valence-corrected chi connectivity index (χ3v) is 5.00. The molecule has 2 rings (SSSR count). The van der Waals surface area contributed by atoms with E-state index in [4.69, 9.17) is 5.84 Å². The molecule has 0 amide bonds. The molecule has 1 unspecified atom stereocenters. The van der Waals surface area contributed by atoms with Crippen molar-refractivity contribution < 1.29 is 0 Å². The van der Waals surface area contributed by atoms with Crippen molar-refractivity contribution in [1.29, 1.82) is 0 Å². The summed E-state index contributed by atoms with van der Waals surface area (Å²) in [6, 6.07) is 0.403. The average Bonchev–Trinajstić information content (AvgIpc) is 2.67. The number of hydrogen-bond acceptors (Lipinski definition) is 4. The van der Waals surface area contributed by atoms with E-state index in [2.05, 4.69) is 24.3 Å². The quantitative estimate of drug-likeness (QED) is 0.641. The second kappa shape index (κ2) is 5.94. The number of rotatable bonds is 4. The van der Waals surface area contributed by atoms with Gasteiger partial charge in [0.15, 0.2) is 0 Å². The zero-order valence-corrected chi connectivity index (χ0v) is 11.6. The number of aryl methyl sites for hydroxylation is 2. The molecule has 0 spiro atoms. The molecule has 4 heteroatoms. The summed E-state index contributed by atoms with van der Waals surface area (Å²) in [4.78, 5) is 5.95. The summed E-state index contributed by atoms with van der Waals surface area (Å²) in [6.45, 7) is 4.23. The number of nitrogens with two attached hydrogens (primary N) is 1. The lowest BCUT2D eigenvalue weighted by molar-refractivity contribution is 0.268. The molecule has 0 aromatic carbocycles. The molecule has 1 heterocycles. The van der Waals surface area contributed by atoms with E-state index >= 15 is 0 Å². The maximum Gasteiger partial charge on any atom is 0.0947 e. The van der Waals surface area contributed by atoms with Gasteiger partial charge in [0, 0.05) is 17.3 Å². The smallest absolute Gasteiger partial charge is 0.0947 e. The monoisotopic (exact) mass is 253 g/mol. The Bertz CT molecular complexity index is 336. The molecule has 96 valence electrons. The molecule has 1 aliphatic carbocycles. The largest absolute Gasteiger partial charge is 0.271 e. The van der Waals surface area contributed by atoms with Gasteiger partial charge >= 0.3 is 0 Å². The van der Waals surface area contributed by atoms with E-state index in [9.17, 15) is 0 Å². The molecule has 0 saturated heterocycles. The number of aromatic nitrogens is 1. The predicted molar refractivity (Wildman–Crippen MR) is 73.0 cm³/mol. The summed E-state index contributed by atoms with van der Waals surface area (Å²) in [5.41, 5.74) is 4.19. The van der Waals surface area contributed by atoms with Crippen molar-refractivity contribution in [3.63, 3.8) is 0 Å². The van der Waals surface area contributed by atoms with Crippen molar-refractivity contribution in [1.82, 2.24) is 10.4 Å². The summed E-state index contributed by atoms with van der Waals surface area (Å²) in [5, 5.41) is 1.23. The van der Waals surface area contributed by atoms with Gasteiger partial charge < -0.3 is 0 Å². The standard InChI is InChI=1S/C13H23N3S/c1-9-10(2)17-13(15-9)8-12(16-14)11-6-4-3-5-7-11/h11-12,16H,3-8,14H2,1-2H3. The van der Waals surface area contributed by atoms with Gasteiger partial charge in [-0.3, -0.25) is 11.3 Å². The Morgan fingerprint density at radius 3 is 2.59 bits per heavy atom. The van der Waals surface area contributed by atoms with Crippen LogP contribution in [0.25, 0.3) is 0 Å². The molecule has 3 N–H and O–H groups in total. The highest BCUT2D eigenvalue weighted by Gasteiger charge is 2.23. The minimum absolute atomic E-state index is 0.403. The SMILES string of the molecule is Cc1nc(CC(NN)C2CCCCC2)sc1C. The summed E-state index contributed by atoms with van der Waals surface area (Å²) in [7, 11) is 0. The highest BCUT2D eigenvalue weighted by atomic mass is 32.1. The molecule has 0 aliphatic heterocycles. The van der Waals surface area contributed by atoms with E-state index in [1.165, 1.54) is 47.7 Å². The molecule has 1 atom stereocenters. The van der Waals surface area contributed by atoms with Crippen LogP contribution >= 0.6 is 11.3 Å². The van der Waals surface area contributed by atoms with Crippen molar-refractivity contribution in [3.05, 3.63) is 15.6 Å². The van der Waals surface area contributed by atoms with E-state index in [1.54, 1.807) is 0 Å². The maximum atomic E-state index is 5.72. The van der Waals surface area contributed by atoms with Gasteiger partial charge in [0.25, 0.3) is 0 Å². The third-order valence-electron chi connectivity index (χ3n) is 3.90. The Hall–Kier alpha value is -0.450. The Labute approximate surface area is 108 Å². The molecule has 0 bridgehead atoms. The van der Waals surface area contributed by atoms with Gasteiger partial charge in [-0.05, 0) is 32.6 Å².